The van der Waals surface area contributed by atoms with Crippen molar-refractivity contribution in [3.63, 3.8) is 0 Å². The van der Waals surface area contributed by atoms with Gasteiger partial charge >= 0.3 is 0 Å². The number of benzene rings is 2. The second-order valence-electron chi connectivity index (χ2n) is 10.1. The summed E-state index contributed by atoms with van der Waals surface area (Å²) in [5.74, 6) is 2.36. The highest BCUT2D eigenvalue weighted by Crippen LogP contribution is 2.31. The SMILES string of the molecule is Cc1ccc(C(C)C)cc1OCc1c(C)nc(-c2cc(Cl)ccc2CN)nc1N1CCN(CC(N)=O)CC1. The number of ether oxygens (including phenoxy) is 1. The minimum absolute atomic E-state index is 0.256. The number of amides is 1. The van der Waals surface area contributed by atoms with E-state index in [2.05, 4.69) is 48.8 Å². The molecule has 1 amide bonds. The van der Waals surface area contributed by atoms with Crippen LogP contribution in [0.3, 0.4) is 0 Å². The molecule has 2 aromatic carbocycles. The van der Waals surface area contributed by atoms with Crippen LogP contribution < -0.4 is 21.1 Å². The third-order valence-corrected chi connectivity index (χ3v) is 7.26. The van der Waals surface area contributed by atoms with E-state index >= 15 is 0 Å². The maximum absolute atomic E-state index is 11.4. The normalized spacial score (nSPS) is 14.2. The molecule has 8 nitrogen and oxygen atoms in total. The summed E-state index contributed by atoms with van der Waals surface area (Å²) in [7, 11) is 0. The monoisotopic (exact) mass is 536 g/mol. The summed E-state index contributed by atoms with van der Waals surface area (Å²) in [4.78, 5) is 25.7. The van der Waals surface area contributed by atoms with Crippen molar-refractivity contribution in [2.45, 2.75) is 46.8 Å². The van der Waals surface area contributed by atoms with Gasteiger partial charge in [-0.1, -0.05) is 43.6 Å². The Balaban J connectivity index is 1.71. The van der Waals surface area contributed by atoms with Gasteiger partial charge in [-0.3, -0.25) is 9.69 Å². The lowest BCUT2D eigenvalue weighted by Gasteiger charge is -2.36. The topological polar surface area (TPSA) is 111 Å². The zero-order chi connectivity index (χ0) is 27.4. The lowest BCUT2D eigenvalue weighted by Crippen LogP contribution is -2.49. The maximum atomic E-state index is 11.4. The van der Waals surface area contributed by atoms with Gasteiger partial charge in [0.15, 0.2) is 5.82 Å². The Morgan fingerprint density at radius 1 is 1.08 bits per heavy atom. The lowest BCUT2D eigenvalue weighted by atomic mass is 10.0. The van der Waals surface area contributed by atoms with Crippen molar-refractivity contribution in [2.24, 2.45) is 11.5 Å². The van der Waals surface area contributed by atoms with E-state index in [4.69, 9.17) is 37.8 Å². The van der Waals surface area contributed by atoms with E-state index < -0.39 is 0 Å². The van der Waals surface area contributed by atoms with Crippen LogP contribution in [0.2, 0.25) is 5.02 Å². The minimum atomic E-state index is -0.318. The molecule has 0 saturated carbocycles. The molecule has 1 aliphatic rings. The molecule has 9 heteroatoms. The molecule has 2 heterocycles. The summed E-state index contributed by atoms with van der Waals surface area (Å²) in [6.45, 7) is 12.2. The lowest BCUT2D eigenvalue weighted by molar-refractivity contribution is -0.119. The van der Waals surface area contributed by atoms with E-state index in [-0.39, 0.29) is 12.5 Å². The molecule has 0 spiro atoms. The maximum Gasteiger partial charge on any atom is 0.231 e. The number of primary amides is 1. The van der Waals surface area contributed by atoms with Crippen LogP contribution in [0.15, 0.2) is 36.4 Å². The van der Waals surface area contributed by atoms with Gasteiger partial charge in [0, 0.05) is 43.3 Å². The quantitative estimate of drug-likeness (QED) is 0.422. The van der Waals surface area contributed by atoms with Crippen molar-refractivity contribution in [2.75, 3.05) is 37.6 Å². The molecular formula is C29H37ClN6O2. The van der Waals surface area contributed by atoms with Crippen LogP contribution in [0.4, 0.5) is 5.82 Å². The molecule has 1 aliphatic heterocycles. The number of halogens is 1. The van der Waals surface area contributed by atoms with Crippen LogP contribution in [0.25, 0.3) is 11.4 Å². The minimum Gasteiger partial charge on any atom is -0.488 e. The largest absolute Gasteiger partial charge is 0.488 e. The molecule has 0 radical (unpaired) electrons. The third-order valence-electron chi connectivity index (χ3n) is 7.03. The van der Waals surface area contributed by atoms with Gasteiger partial charge in [0.2, 0.25) is 5.91 Å². The summed E-state index contributed by atoms with van der Waals surface area (Å²) in [5, 5.41) is 0.605. The second kappa shape index (κ2) is 12.1. The van der Waals surface area contributed by atoms with Gasteiger partial charge in [-0.05, 0) is 54.7 Å². The Hall–Kier alpha value is -3.20. The van der Waals surface area contributed by atoms with Crippen LogP contribution in [-0.4, -0.2) is 53.5 Å². The standard InChI is InChI=1S/C29H37ClN6O2/c1-18(2)21-6-5-19(3)26(13-21)38-17-25-20(4)33-28(24-14-23(30)8-7-22(24)15-31)34-29(25)36-11-9-35(10-12-36)16-27(32)37/h5-8,13-14,18H,9-12,15-17,31H2,1-4H3,(H2,32,37). The number of piperazine rings is 1. The molecule has 1 saturated heterocycles. The summed E-state index contributed by atoms with van der Waals surface area (Å²) in [6.07, 6.45) is 0. The first-order valence-corrected chi connectivity index (χ1v) is 13.4. The number of nitrogens with two attached hydrogens (primary N) is 2. The molecular weight excluding hydrogens is 500 g/mol. The number of anilines is 1. The number of carbonyl (C=O) groups is 1. The fraction of sp³-hybridized carbons (Fsp3) is 0.414. The van der Waals surface area contributed by atoms with Gasteiger partial charge in [-0.15, -0.1) is 0 Å². The van der Waals surface area contributed by atoms with Gasteiger partial charge < -0.3 is 21.1 Å². The molecule has 4 rings (SSSR count). The molecule has 0 aliphatic carbocycles. The van der Waals surface area contributed by atoms with Crippen molar-refractivity contribution in [3.8, 4) is 17.1 Å². The second-order valence-corrected chi connectivity index (χ2v) is 10.6. The number of aryl methyl sites for hydroxylation is 2. The van der Waals surface area contributed by atoms with E-state index in [1.54, 1.807) is 0 Å². The van der Waals surface area contributed by atoms with Crippen LogP contribution >= 0.6 is 11.6 Å². The first-order chi connectivity index (χ1) is 18.2. The molecule has 1 aromatic heterocycles. The Morgan fingerprint density at radius 2 is 1.82 bits per heavy atom. The Morgan fingerprint density at radius 3 is 2.47 bits per heavy atom. The molecule has 3 aromatic rings. The molecule has 4 N–H and O–H groups in total. The Labute approximate surface area is 230 Å². The van der Waals surface area contributed by atoms with Crippen molar-refractivity contribution < 1.29 is 9.53 Å². The van der Waals surface area contributed by atoms with E-state index in [1.165, 1.54) is 5.56 Å². The average Bonchev–Trinajstić information content (AvgIpc) is 2.88. The molecule has 0 bridgehead atoms. The highest BCUT2D eigenvalue weighted by atomic mass is 35.5. The first-order valence-electron chi connectivity index (χ1n) is 13.0. The molecule has 38 heavy (non-hydrogen) atoms. The van der Waals surface area contributed by atoms with Crippen LogP contribution in [0.1, 0.15) is 47.7 Å². The number of rotatable bonds is 9. The van der Waals surface area contributed by atoms with E-state index in [1.807, 2.05) is 25.1 Å². The molecule has 0 atom stereocenters. The molecule has 1 fully saturated rings. The van der Waals surface area contributed by atoms with E-state index in [0.29, 0.717) is 56.1 Å². The number of hydrogen-bond donors (Lipinski definition) is 2. The van der Waals surface area contributed by atoms with Gasteiger partial charge in [-0.25, -0.2) is 9.97 Å². The predicted octanol–water partition coefficient (Wildman–Crippen LogP) is 4.18. The average molecular weight is 537 g/mol. The summed E-state index contributed by atoms with van der Waals surface area (Å²) in [6, 6.07) is 12.0. The number of carbonyl (C=O) groups excluding carboxylic acids is 1. The van der Waals surface area contributed by atoms with Crippen molar-refractivity contribution in [3.05, 3.63) is 69.4 Å². The summed E-state index contributed by atoms with van der Waals surface area (Å²) < 4.78 is 6.39. The van der Waals surface area contributed by atoms with Crippen molar-refractivity contribution >= 4 is 23.3 Å². The highest BCUT2D eigenvalue weighted by molar-refractivity contribution is 6.30. The molecule has 202 valence electrons. The number of nitrogens with zero attached hydrogens (tertiary/aromatic N) is 4. The van der Waals surface area contributed by atoms with Crippen LogP contribution in [-0.2, 0) is 17.9 Å². The number of hydrogen-bond acceptors (Lipinski definition) is 7. The zero-order valence-electron chi connectivity index (χ0n) is 22.6. The fourth-order valence-electron chi connectivity index (χ4n) is 4.69. The van der Waals surface area contributed by atoms with Crippen molar-refractivity contribution in [1.82, 2.24) is 14.9 Å². The number of aromatic nitrogens is 2. The van der Waals surface area contributed by atoms with Gasteiger partial charge in [0.1, 0.15) is 18.2 Å². The van der Waals surface area contributed by atoms with Crippen LogP contribution in [0, 0.1) is 13.8 Å². The van der Waals surface area contributed by atoms with Gasteiger partial charge in [0.25, 0.3) is 0 Å². The fourth-order valence-corrected chi connectivity index (χ4v) is 4.86. The Kier molecular flexibility index (Phi) is 8.87. The summed E-state index contributed by atoms with van der Waals surface area (Å²) in [5.41, 5.74) is 17.3. The van der Waals surface area contributed by atoms with Gasteiger partial charge in [-0.2, -0.15) is 0 Å². The van der Waals surface area contributed by atoms with E-state index in [0.717, 1.165) is 39.5 Å². The Bertz CT molecular complexity index is 1300. The first kappa shape index (κ1) is 27.8. The van der Waals surface area contributed by atoms with Gasteiger partial charge in [0.05, 0.1) is 17.8 Å². The van der Waals surface area contributed by atoms with Crippen molar-refractivity contribution in [1.29, 1.82) is 0 Å². The predicted molar refractivity (Wildman–Crippen MR) is 153 cm³/mol. The highest BCUT2D eigenvalue weighted by Gasteiger charge is 2.25. The third kappa shape index (κ3) is 6.43. The smallest absolute Gasteiger partial charge is 0.231 e. The van der Waals surface area contributed by atoms with E-state index in [9.17, 15) is 4.79 Å². The summed E-state index contributed by atoms with van der Waals surface area (Å²) >= 11 is 6.34. The molecule has 0 unspecified atom stereocenters. The van der Waals surface area contributed by atoms with Crippen LogP contribution in [0.5, 0.6) is 5.75 Å². The zero-order valence-corrected chi connectivity index (χ0v) is 23.4.